The molecule has 0 unspecified atom stereocenters. The first-order chi connectivity index (χ1) is 8.19. The van der Waals surface area contributed by atoms with E-state index >= 15 is 0 Å². The molecule has 0 amide bonds. The minimum absolute atomic E-state index is 0.518. The first-order valence-electron chi connectivity index (χ1n) is 5.35. The molecule has 5 heteroatoms. The van der Waals surface area contributed by atoms with Crippen LogP contribution in [0.3, 0.4) is 0 Å². The van der Waals surface area contributed by atoms with E-state index in [1.54, 1.807) is 6.20 Å². The number of halogens is 2. The van der Waals surface area contributed by atoms with E-state index in [-0.39, 0.29) is 0 Å². The lowest BCUT2D eigenvalue weighted by molar-refractivity contribution is 0.584. The number of nitrogens with zero attached hydrogens (tertiary/aromatic N) is 1. The molecule has 2 aromatic rings. The van der Waals surface area contributed by atoms with Gasteiger partial charge in [0.25, 0.3) is 0 Å². The van der Waals surface area contributed by atoms with E-state index in [1.807, 2.05) is 0 Å². The van der Waals surface area contributed by atoms with Gasteiger partial charge in [0.05, 0.1) is 4.88 Å². The van der Waals surface area contributed by atoms with Gasteiger partial charge in [0, 0.05) is 18.8 Å². The third kappa shape index (κ3) is 3.00. The van der Waals surface area contributed by atoms with Crippen molar-refractivity contribution in [1.29, 1.82) is 0 Å². The Hall–Kier alpha value is -1.49. The minimum Gasteiger partial charge on any atom is -0.362 e. The average Bonchev–Trinajstić information content (AvgIpc) is 2.73. The van der Waals surface area contributed by atoms with Crippen molar-refractivity contribution in [3.8, 4) is 10.4 Å². The smallest absolute Gasteiger partial charge is 0.183 e. The fourth-order valence-corrected chi connectivity index (χ4v) is 2.25. The number of benzene rings is 1. The topological polar surface area (TPSA) is 24.9 Å². The lowest BCUT2D eigenvalue weighted by Crippen LogP contribution is -1.97. The van der Waals surface area contributed by atoms with Crippen molar-refractivity contribution in [2.75, 3.05) is 11.9 Å². The van der Waals surface area contributed by atoms with Gasteiger partial charge in [-0.1, -0.05) is 18.3 Å². The maximum Gasteiger partial charge on any atom is 0.183 e. The van der Waals surface area contributed by atoms with E-state index in [0.29, 0.717) is 5.56 Å². The van der Waals surface area contributed by atoms with Crippen LogP contribution in [0.25, 0.3) is 10.4 Å². The Labute approximate surface area is 102 Å². The molecule has 0 saturated heterocycles. The molecule has 0 fully saturated rings. The van der Waals surface area contributed by atoms with Gasteiger partial charge in [-0.05, 0) is 24.1 Å². The summed E-state index contributed by atoms with van der Waals surface area (Å²) in [5, 5.41) is 3.90. The van der Waals surface area contributed by atoms with Crippen LogP contribution in [0.5, 0.6) is 0 Å². The zero-order chi connectivity index (χ0) is 12.3. The Balaban J connectivity index is 2.24. The molecule has 0 aliphatic carbocycles. The van der Waals surface area contributed by atoms with E-state index in [9.17, 15) is 8.78 Å². The predicted molar refractivity (Wildman–Crippen MR) is 66.2 cm³/mol. The molecule has 90 valence electrons. The molecule has 17 heavy (non-hydrogen) atoms. The highest BCUT2D eigenvalue weighted by molar-refractivity contribution is 7.18. The predicted octanol–water partition coefficient (Wildman–Crippen LogP) is 3.91. The van der Waals surface area contributed by atoms with E-state index < -0.39 is 11.6 Å². The molecule has 2 rings (SSSR count). The molecular formula is C12H12F2N2S. The van der Waals surface area contributed by atoms with Gasteiger partial charge in [-0.2, -0.15) is 0 Å². The van der Waals surface area contributed by atoms with Gasteiger partial charge in [-0.3, -0.25) is 0 Å². The van der Waals surface area contributed by atoms with Gasteiger partial charge in [0.15, 0.2) is 5.13 Å². The number of rotatable bonds is 4. The number of nitrogens with one attached hydrogen (secondary N) is 1. The van der Waals surface area contributed by atoms with Crippen LogP contribution in [0.15, 0.2) is 24.4 Å². The first-order valence-corrected chi connectivity index (χ1v) is 6.17. The molecule has 1 aromatic heterocycles. The van der Waals surface area contributed by atoms with Gasteiger partial charge in [0.1, 0.15) is 11.6 Å². The summed E-state index contributed by atoms with van der Waals surface area (Å²) in [6.45, 7) is 2.90. The molecule has 0 spiro atoms. The van der Waals surface area contributed by atoms with Crippen molar-refractivity contribution in [2.24, 2.45) is 0 Å². The van der Waals surface area contributed by atoms with Crippen molar-refractivity contribution in [3.05, 3.63) is 36.0 Å². The largest absolute Gasteiger partial charge is 0.362 e. The van der Waals surface area contributed by atoms with E-state index in [2.05, 4.69) is 17.2 Å². The molecule has 0 atom stereocenters. The number of thiazole rings is 1. The highest BCUT2D eigenvalue weighted by Crippen LogP contribution is 2.29. The number of hydrogen-bond acceptors (Lipinski definition) is 3. The van der Waals surface area contributed by atoms with Gasteiger partial charge in [-0.25, -0.2) is 13.8 Å². The molecular weight excluding hydrogens is 242 g/mol. The molecule has 0 saturated carbocycles. The Morgan fingerprint density at radius 1 is 1.24 bits per heavy atom. The second-order valence-electron chi connectivity index (χ2n) is 3.61. The fourth-order valence-electron chi connectivity index (χ4n) is 1.42. The normalized spacial score (nSPS) is 10.5. The first kappa shape index (κ1) is 12.0. The average molecular weight is 254 g/mol. The van der Waals surface area contributed by atoms with Crippen molar-refractivity contribution < 1.29 is 8.78 Å². The highest BCUT2D eigenvalue weighted by atomic mass is 32.1. The second-order valence-corrected chi connectivity index (χ2v) is 4.65. The molecule has 2 nitrogen and oxygen atoms in total. The summed E-state index contributed by atoms with van der Waals surface area (Å²) in [5.74, 6) is -1.15. The number of hydrogen-bond donors (Lipinski definition) is 1. The Morgan fingerprint density at radius 2 is 1.94 bits per heavy atom. The second kappa shape index (κ2) is 5.23. The zero-order valence-electron chi connectivity index (χ0n) is 9.34. The summed E-state index contributed by atoms with van der Waals surface area (Å²) >= 11 is 1.39. The number of anilines is 1. The highest BCUT2D eigenvalue weighted by Gasteiger charge is 2.07. The quantitative estimate of drug-likeness (QED) is 0.894. The number of aromatic nitrogens is 1. The van der Waals surface area contributed by atoms with Crippen molar-refractivity contribution >= 4 is 16.5 Å². The third-order valence-electron chi connectivity index (χ3n) is 2.18. The molecule has 0 aliphatic rings. The van der Waals surface area contributed by atoms with Crippen molar-refractivity contribution in [3.63, 3.8) is 0 Å². The third-order valence-corrected chi connectivity index (χ3v) is 3.18. The molecule has 0 aliphatic heterocycles. The van der Waals surface area contributed by atoms with Crippen molar-refractivity contribution in [2.45, 2.75) is 13.3 Å². The lowest BCUT2D eigenvalue weighted by Gasteiger charge is -1.98. The summed E-state index contributed by atoms with van der Waals surface area (Å²) in [7, 11) is 0. The molecule has 1 heterocycles. The van der Waals surface area contributed by atoms with E-state index in [1.165, 1.54) is 23.5 Å². The maximum atomic E-state index is 13.1. The molecule has 0 bridgehead atoms. The molecule has 0 radical (unpaired) electrons. The van der Waals surface area contributed by atoms with Gasteiger partial charge in [0.2, 0.25) is 0 Å². The van der Waals surface area contributed by atoms with Crippen LogP contribution >= 0.6 is 11.3 Å². The molecule has 1 N–H and O–H groups in total. The standard InChI is InChI=1S/C12H12F2N2S/c1-2-3-15-12-16-7-11(17-12)8-4-9(13)6-10(14)5-8/h4-7H,2-3H2,1H3,(H,15,16). The van der Waals surface area contributed by atoms with Crippen LogP contribution < -0.4 is 5.32 Å². The Kier molecular flexibility index (Phi) is 3.68. The van der Waals surface area contributed by atoms with Crippen molar-refractivity contribution in [1.82, 2.24) is 4.98 Å². The van der Waals surface area contributed by atoms with Crippen LogP contribution in [0.2, 0.25) is 0 Å². The fraction of sp³-hybridized carbons (Fsp3) is 0.250. The Morgan fingerprint density at radius 3 is 2.59 bits per heavy atom. The van der Waals surface area contributed by atoms with Gasteiger partial charge in [-0.15, -0.1) is 0 Å². The van der Waals surface area contributed by atoms with Crippen LogP contribution in [-0.2, 0) is 0 Å². The molecule has 1 aromatic carbocycles. The summed E-state index contributed by atoms with van der Waals surface area (Å²) in [6, 6.07) is 3.47. The monoisotopic (exact) mass is 254 g/mol. The van der Waals surface area contributed by atoms with E-state index in [0.717, 1.165) is 29.0 Å². The zero-order valence-corrected chi connectivity index (χ0v) is 10.2. The van der Waals surface area contributed by atoms with Crippen LogP contribution in [-0.4, -0.2) is 11.5 Å². The van der Waals surface area contributed by atoms with Crippen LogP contribution in [0.1, 0.15) is 13.3 Å². The van der Waals surface area contributed by atoms with E-state index in [4.69, 9.17) is 0 Å². The summed E-state index contributed by atoms with van der Waals surface area (Å²) in [4.78, 5) is 4.90. The summed E-state index contributed by atoms with van der Waals surface area (Å²) < 4.78 is 26.1. The van der Waals surface area contributed by atoms with Crippen LogP contribution in [0, 0.1) is 11.6 Å². The SMILES string of the molecule is CCCNc1ncc(-c2cc(F)cc(F)c2)s1. The van der Waals surface area contributed by atoms with Gasteiger partial charge >= 0.3 is 0 Å². The van der Waals surface area contributed by atoms with Crippen LogP contribution in [0.4, 0.5) is 13.9 Å². The van der Waals surface area contributed by atoms with Gasteiger partial charge < -0.3 is 5.32 Å². The summed E-state index contributed by atoms with van der Waals surface area (Å²) in [5.41, 5.74) is 0.518. The minimum atomic E-state index is -0.573. The Bertz CT molecular complexity index is 491. The summed E-state index contributed by atoms with van der Waals surface area (Å²) in [6.07, 6.45) is 2.63. The lowest BCUT2D eigenvalue weighted by atomic mass is 10.2. The maximum absolute atomic E-state index is 13.1.